The molecule has 20 heavy (non-hydrogen) atoms. The lowest BCUT2D eigenvalue weighted by Crippen LogP contribution is -2.29. The molecule has 2 aromatic rings. The Bertz CT molecular complexity index is 636. The van der Waals surface area contributed by atoms with Crippen molar-refractivity contribution in [2.45, 2.75) is 12.6 Å². The smallest absolute Gasteiger partial charge is 0.268 e. The Labute approximate surface area is 116 Å². The van der Waals surface area contributed by atoms with Crippen LogP contribution in [0.1, 0.15) is 11.6 Å². The number of benzene rings is 1. The maximum atomic E-state index is 12.8. The summed E-state index contributed by atoms with van der Waals surface area (Å²) in [5.41, 5.74) is 7.30. The van der Waals surface area contributed by atoms with Crippen molar-refractivity contribution >= 4 is 5.69 Å². The monoisotopic (exact) mass is 276 g/mol. The van der Waals surface area contributed by atoms with Crippen molar-refractivity contribution in [2.24, 2.45) is 5.73 Å². The molecule has 0 aliphatic heterocycles. The van der Waals surface area contributed by atoms with Crippen LogP contribution in [0, 0.1) is 5.82 Å². The highest BCUT2D eigenvalue weighted by molar-refractivity contribution is 5.40. The van der Waals surface area contributed by atoms with Crippen LogP contribution in [0.15, 0.2) is 41.3 Å². The van der Waals surface area contributed by atoms with Gasteiger partial charge in [0.2, 0.25) is 0 Å². The van der Waals surface area contributed by atoms with Crippen molar-refractivity contribution in [1.82, 2.24) is 9.78 Å². The van der Waals surface area contributed by atoms with E-state index in [1.807, 2.05) is 14.1 Å². The van der Waals surface area contributed by atoms with Gasteiger partial charge in [0.25, 0.3) is 5.56 Å². The van der Waals surface area contributed by atoms with E-state index in [4.69, 9.17) is 5.73 Å². The standard InChI is InChI=1S/C14H17FN4O/c1-18(2)12-7-14(20)19(17-8-12)9-13(16)10-3-5-11(15)6-4-10/h3-8,13H,9,16H2,1-2H3. The molecule has 2 N–H and O–H groups in total. The first-order valence-corrected chi connectivity index (χ1v) is 6.23. The average Bonchev–Trinajstić information content (AvgIpc) is 2.41. The molecule has 0 saturated heterocycles. The van der Waals surface area contributed by atoms with E-state index in [1.165, 1.54) is 22.9 Å². The van der Waals surface area contributed by atoms with E-state index in [2.05, 4.69) is 5.10 Å². The number of nitrogens with zero attached hydrogens (tertiary/aromatic N) is 3. The molecule has 0 aliphatic carbocycles. The lowest BCUT2D eigenvalue weighted by Gasteiger charge is -2.15. The normalized spacial score (nSPS) is 12.2. The van der Waals surface area contributed by atoms with E-state index in [1.54, 1.807) is 23.2 Å². The molecular weight excluding hydrogens is 259 g/mol. The minimum absolute atomic E-state index is 0.214. The Hall–Kier alpha value is -2.21. The van der Waals surface area contributed by atoms with Crippen LogP contribution in [0.25, 0.3) is 0 Å². The van der Waals surface area contributed by atoms with E-state index < -0.39 is 6.04 Å². The second-order valence-electron chi connectivity index (χ2n) is 4.79. The fourth-order valence-corrected chi connectivity index (χ4v) is 1.81. The molecular formula is C14H17FN4O. The lowest BCUT2D eigenvalue weighted by atomic mass is 10.1. The quantitative estimate of drug-likeness (QED) is 0.910. The number of nitrogens with two attached hydrogens (primary N) is 1. The molecule has 1 aromatic carbocycles. The molecule has 0 radical (unpaired) electrons. The van der Waals surface area contributed by atoms with Crippen LogP contribution in [-0.2, 0) is 6.54 Å². The summed E-state index contributed by atoms with van der Waals surface area (Å²) in [7, 11) is 3.68. The second-order valence-corrected chi connectivity index (χ2v) is 4.79. The Morgan fingerprint density at radius 3 is 2.55 bits per heavy atom. The molecule has 0 aliphatic rings. The van der Waals surface area contributed by atoms with Crippen molar-refractivity contribution in [3.8, 4) is 0 Å². The van der Waals surface area contributed by atoms with Crippen LogP contribution in [-0.4, -0.2) is 23.9 Å². The average molecular weight is 276 g/mol. The van der Waals surface area contributed by atoms with Crippen LogP contribution < -0.4 is 16.2 Å². The molecule has 1 heterocycles. The Balaban J connectivity index is 2.17. The number of hydrogen-bond acceptors (Lipinski definition) is 4. The van der Waals surface area contributed by atoms with Crippen LogP contribution in [0.5, 0.6) is 0 Å². The zero-order chi connectivity index (χ0) is 14.7. The van der Waals surface area contributed by atoms with Crippen molar-refractivity contribution in [1.29, 1.82) is 0 Å². The molecule has 1 atom stereocenters. The molecule has 0 saturated carbocycles. The van der Waals surface area contributed by atoms with Crippen molar-refractivity contribution in [3.05, 3.63) is 58.3 Å². The topological polar surface area (TPSA) is 64.2 Å². The molecule has 1 aromatic heterocycles. The first-order chi connectivity index (χ1) is 9.47. The minimum atomic E-state index is -0.411. The van der Waals surface area contributed by atoms with Gasteiger partial charge in [0.15, 0.2) is 0 Å². The van der Waals surface area contributed by atoms with Gasteiger partial charge in [-0.2, -0.15) is 5.10 Å². The fourth-order valence-electron chi connectivity index (χ4n) is 1.81. The first-order valence-electron chi connectivity index (χ1n) is 6.23. The number of halogens is 1. The van der Waals surface area contributed by atoms with E-state index in [0.717, 1.165) is 11.3 Å². The number of hydrogen-bond donors (Lipinski definition) is 1. The third-order valence-electron chi connectivity index (χ3n) is 3.04. The van der Waals surface area contributed by atoms with E-state index in [0.29, 0.717) is 0 Å². The third-order valence-corrected chi connectivity index (χ3v) is 3.04. The zero-order valence-corrected chi connectivity index (χ0v) is 11.5. The minimum Gasteiger partial charge on any atom is -0.376 e. The largest absolute Gasteiger partial charge is 0.376 e. The highest BCUT2D eigenvalue weighted by atomic mass is 19.1. The number of aromatic nitrogens is 2. The van der Waals surface area contributed by atoms with E-state index in [9.17, 15) is 9.18 Å². The van der Waals surface area contributed by atoms with Crippen molar-refractivity contribution < 1.29 is 4.39 Å². The highest BCUT2D eigenvalue weighted by Gasteiger charge is 2.09. The summed E-state index contributed by atoms with van der Waals surface area (Å²) in [5.74, 6) is -0.313. The van der Waals surface area contributed by atoms with Crippen LogP contribution in [0.4, 0.5) is 10.1 Å². The first kappa shape index (κ1) is 14.2. The molecule has 0 spiro atoms. The molecule has 2 rings (SSSR count). The summed E-state index contributed by atoms with van der Waals surface area (Å²) in [6, 6.07) is 7.01. The van der Waals surface area contributed by atoms with Gasteiger partial charge in [-0.15, -0.1) is 0 Å². The lowest BCUT2D eigenvalue weighted by molar-refractivity contribution is 0.503. The highest BCUT2D eigenvalue weighted by Crippen LogP contribution is 2.12. The summed E-state index contributed by atoms with van der Waals surface area (Å²) >= 11 is 0. The Kier molecular flexibility index (Phi) is 4.14. The van der Waals surface area contributed by atoms with Crippen molar-refractivity contribution in [3.63, 3.8) is 0 Å². The number of rotatable bonds is 4. The van der Waals surface area contributed by atoms with Gasteiger partial charge in [-0.3, -0.25) is 4.79 Å². The van der Waals surface area contributed by atoms with Gasteiger partial charge in [0.1, 0.15) is 5.82 Å². The van der Waals surface area contributed by atoms with E-state index in [-0.39, 0.29) is 17.9 Å². The SMILES string of the molecule is CN(C)c1cnn(CC(N)c2ccc(F)cc2)c(=O)c1. The van der Waals surface area contributed by atoms with Crippen LogP contribution >= 0.6 is 0 Å². The summed E-state index contributed by atoms with van der Waals surface area (Å²) in [6.07, 6.45) is 1.61. The van der Waals surface area contributed by atoms with Crippen molar-refractivity contribution in [2.75, 3.05) is 19.0 Å². The van der Waals surface area contributed by atoms with Crippen LogP contribution in [0.2, 0.25) is 0 Å². The van der Waals surface area contributed by atoms with Gasteiger partial charge in [-0.25, -0.2) is 9.07 Å². The van der Waals surface area contributed by atoms with E-state index >= 15 is 0 Å². The van der Waals surface area contributed by atoms with Gasteiger partial charge in [-0.05, 0) is 17.7 Å². The Morgan fingerprint density at radius 2 is 2.00 bits per heavy atom. The molecule has 6 heteroatoms. The van der Waals surface area contributed by atoms with Gasteiger partial charge in [0.05, 0.1) is 18.4 Å². The zero-order valence-electron chi connectivity index (χ0n) is 11.5. The molecule has 5 nitrogen and oxygen atoms in total. The maximum absolute atomic E-state index is 12.8. The van der Waals surface area contributed by atoms with Gasteiger partial charge in [-0.1, -0.05) is 12.1 Å². The molecule has 106 valence electrons. The summed E-state index contributed by atoms with van der Waals surface area (Å²) in [6.45, 7) is 0.248. The summed E-state index contributed by atoms with van der Waals surface area (Å²) in [4.78, 5) is 13.7. The van der Waals surface area contributed by atoms with Gasteiger partial charge >= 0.3 is 0 Å². The summed E-state index contributed by atoms with van der Waals surface area (Å²) in [5, 5.41) is 4.09. The summed E-state index contributed by atoms with van der Waals surface area (Å²) < 4.78 is 14.2. The van der Waals surface area contributed by atoms with Gasteiger partial charge < -0.3 is 10.6 Å². The molecule has 1 unspecified atom stereocenters. The predicted molar refractivity (Wildman–Crippen MR) is 76.2 cm³/mol. The number of anilines is 1. The van der Waals surface area contributed by atoms with Gasteiger partial charge in [0, 0.05) is 26.2 Å². The third kappa shape index (κ3) is 3.21. The molecule has 0 amide bonds. The molecule has 0 bridgehead atoms. The fraction of sp³-hybridized carbons (Fsp3) is 0.286. The maximum Gasteiger partial charge on any atom is 0.268 e. The Morgan fingerprint density at radius 1 is 1.35 bits per heavy atom. The predicted octanol–water partition coefficient (Wildman–Crippen LogP) is 1.15. The van der Waals surface area contributed by atoms with Crippen LogP contribution in [0.3, 0.4) is 0 Å². The molecule has 0 fully saturated rings. The second kappa shape index (κ2) is 5.83.